The number of carbonyl (C=O) groups excluding carboxylic acids is 3. The van der Waals surface area contributed by atoms with E-state index < -0.39 is 6.10 Å². The lowest BCUT2D eigenvalue weighted by Gasteiger charge is -2.18. The van der Waals surface area contributed by atoms with Gasteiger partial charge in [-0.3, -0.25) is 14.4 Å². The van der Waals surface area contributed by atoms with Crippen LogP contribution >= 0.6 is 0 Å². The van der Waals surface area contributed by atoms with Gasteiger partial charge in [0.25, 0.3) is 0 Å². The third kappa shape index (κ3) is 48.2. The van der Waals surface area contributed by atoms with Crippen molar-refractivity contribution in [3.05, 3.63) is 146 Å². The van der Waals surface area contributed by atoms with E-state index in [0.29, 0.717) is 12.8 Å². The molecule has 0 saturated heterocycles. The number of allylic oxidation sites excluding steroid dienone is 24. The molecule has 0 fully saturated rings. The average Bonchev–Trinajstić information content (AvgIpc) is 3.28. The van der Waals surface area contributed by atoms with Crippen LogP contribution in [0.2, 0.25) is 0 Å². The molecule has 0 aliphatic rings. The third-order valence-corrected chi connectivity index (χ3v) is 9.43. The minimum Gasteiger partial charge on any atom is -0.462 e. The summed E-state index contributed by atoms with van der Waals surface area (Å²) in [7, 11) is 0. The molecular formula is C57H86O6. The van der Waals surface area contributed by atoms with Gasteiger partial charge >= 0.3 is 17.9 Å². The molecule has 0 amide bonds. The van der Waals surface area contributed by atoms with Crippen molar-refractivity contribution in [3.8, 4) is 0 Å². The zero-order valence-electron chi connectivity index (χ0n) is 39.8. The summed E-state index contributed by atoms with van der Waals surface area (Å²) in [5.41, 5.74) is 0. The number of hydrogen-bond donors (Lipinski definition) is 0. The smallest absolute Gasteiger partial charge is 0.306 e. The predicted octanol–water partition coefficient (Wildman–Crippen LogP) is 16.1. The molecule has 6 nitrogen and oxygen atoms in total. The van der Waals surface area contributed by atoms with Crippen molar-refractivity contribution in [1.82, 2.24) is 0 Å². The average molecular weight is 867 g/mol. The monoisotopic (exact) mass is 867 g/mol. The van der Waals surface area contributed by atoms with Crippen molar-refractivity contribution < 1.29 is 28.6 Å². The molecule has 0 aliphatic heterocycles. The number of rotatable bonds is 41. The summed E-state index contributed by atoms with van der Waals surface area (Å²) in [5, 5.41) is 0. The number of unbranched alkanes of at least 4 members (excludes halogenated alkanes) is 9. The molecule has 0 rings (SSSR count). The minimum atomic E-state index is -0.835. The van der Waals surface area contributed by atoms with E-state index in [9.17, 15) is 14.4 Å². The lowest BCUT2D eigenvalue weighted by Crippen LogP contribution is -2.30. The minimum absolute atomic E-state index is 0.129. The van der Waals surface area contributed by atoms with Gasteiger partial charge in [-0.05, 0) is 103 Å². The summed E-state index contributed by atoms with van der Waals surface area (Å²) in [6.45, 7) is 6.13. The molecule has 6 heteroatoms. The van der Waals surface area contributed by atoms with Crippen LogP contribution in [0.5, 0.6) is 0 Å². The summed E-state index contributed by atoms with van der Waals surface area (Å²) in [5.74, 6) is -1.07. The van der Waals surface area contributed by atoms with E-state index in [1.54, 1.807) is 0 Å². The lowest BCUT2D eigenvalue weighted by atomic mass is 10.1. The zero-order chi connectivity index (χ0) is 45.8. The molecular weight excluding hydrogens is 781 g/mol. The Bertz CT molecular complexity index is 1460. The van der Waals surface area contributed by atoms with E-state index in [2.05, 4.69) is 130 Å². The third-order valence-electron chi connectivity index (χ3n) is 9.43. The van der Waals surface area contributed by atoms with Gasteiger partial charge in [-0.2, -0.15) is 0 Å². The van der Waals surface area contributed by atoms with E-state index in [1.165, 1.54) is 0 Å². The van der Waals surface area contributed by atoms with Crippen LogP contribution in [0.25, 0.3) is 0 Å². The molecule has 0 saturated carbocycles. The van der Waals surface area contributed by atoms with Crippen molar-refractivity contribution in [1.29, 1.82) is 0 Å². The quantitative estimate of drug-likeness (QED) is 0.0200. The van der Waals surface area contributed by atoms with Crippen molar-refractivity contribution in [2.75, 3.05) is 13.2 Å². The van der Waals surface area contributed by atoms with Gasteiger partial charge in [0.05, 0.1) is 0 Å². The number of esters is 3. The Morgan fingerprint density at radius 1 is 0.333 bits per heavy atom. The summed E-state index contributed by atoms with van der Waals surface area (Å²) >= 11 is 0. The first-order chi connectivity index (χ1) is 31.0. The van der Waals surface area contributed by atoms with Gasteiger partial charge in [-0.1, -0.05) is 199 Å². The van der Waals surface area contributed by atoms with Gasteiger partial charge in [0.1, 0.15) is 13.2 Å². The maximum atomic E-state index is 12.8. The fourth-order valence-electron chi connectivity index (χ4n) is 5.87. The molecule has 0 bridgehead atoms. The van der Waals surface area contributed by atoms with Crippen LogP contribution in [0, 0.1) is 0 Å². The molecule has 0 aromatic rings. The van der Waals surface area contributed by atoms with Crippen molar-refractivity contribution in [2.24, 2.45) is 0 Å². The summed E-state index contributed by atoms with van der Waals surface area (Å²) in [4.78, 5) is 37.9. The molecule has 1 atom stereocenters. The zero-order valence-corrected chi connectivity index (χ0v) is 39.8. The Morgan fingerprint density at radius 2 is 0.683 bits per heavy atom. The number of carbonyl (C=O) groups is 3. The van der Waals surface area contributed by atoms with Crippen LogP contribution in [-0.4, -0.2) is 37.2 Å². The summed E-state index contributed by atoms with van der Waals surface area (Å²) in [6.07, 6.45) is 71.2. The summed E-state index contributed by atoms with van der Waals surface area (Å²) in [6, 6.07) is 0. The molecule has 0 heterocycles. The van der Waals surface area contributed by atoms with E-state index in [-0.39, 0.29) is 44.0 Å². The highest BCUT2D eigenvalue weighted by Gasteiger charge is 2.19. The van der Waals surface area contributed by atoms with Gasteiger partial charge < -0.3 is 14.2 Å². The molecule has 0 spiro atoms. The second-order valence-corrected chi connectivity index (χ2v) is 15.3. The van der Waals surface area contributed by atoms with Crippen LogP contribution in [0.15, 0.2) is 146 Å². The van der Waals surface area contributed by atoms with Crippen molar-refractivity contribution in [3.63, 3.8) is 0 Å². The maximum Gasteiger partial charge on any atom is 0.306 e. The van der Waals surface area contributed by atoms with E-state index in [1.807, 2.05) is 36.5 Å². The normalized spacial score (nSPS) is 13.4. The standard InChI is InChI=1S/C57H86O6/c1-4-7-10-13-16-19-22-25-28-30-32-35-38-41-44-47-50-56(59)62-53-54(52-61-55(58)49-46-43-40-37-34-31-27-24-21-18-15-12-9-6-3)63-57(60)51-48-45-42-39-36-33-29-26-23-20-17-14-11-8-5-2/h7-12,14,16-21,23,25-29,31-32,35,41,44,54H,4-6,13,15,22,24,30,33-34,36-40,42-43,45-53H2,1-3H3/b10-7-,11-8-,12-9-,17-14-,19-16-,21-18-,23-20-,28-25-,29-26-,31-27-,35-32-,44-41-. The highest BCUT2D eigenvalue weighted by molar-refractivity contribution is 5.71. The van der Waals surface area contributed by atoms with Crippen LogP contribution in [0.4, 0.5) is 0 Å². The van der Waals surface area contributed by atoms with Gasteiger partial charge in [0.2, 0.25) is 0 Å². The molecule has 0 aromatic carbocycles. The van der Waals surface area contributed by atoms with Crippen molar-refractivity contribution >= 4 is 17.9 Å². The van der Waals surface area contributed by atoms with E-state index >= 15 is 0 Å². The molecule has 0 radical (unpaired) electrons. The Kier molecular flexibility index (Phi) is 46.2. The van der Waals surface area contributed by atoms with Crippen molar-refractivity contribution in [2.45, 2.75) is 181 Å². The second-order valence-electron chi connectivity index (χ2n) is 15.3. The fraction of sp³-hybridized carbons (Fsp3) is 0.526. The highest BCUT2D eigenvalue weighted by atomic mass is 16.6. The Morgan fingerprint density at radius 3 is 1.17 bits per heavy atom. The molecule has 0 aromatic heterocycles. The lowest BCUT2D eigenvalue weighted by molar-refractivity contribution is -0.166. The molecule has 1 unspecified atom stereocenters. The number of ether oxygens (including phenoxy) is 3. The molecule has 0 aliphatic carbocycles. The topological polar surface area (TPSA) is 78.9 Å². The Balaban J connectivity index is 4.62. The van der Waals surface area contributed by atoms with Crippen LogP contribution in [0.1, 0.15) is 175 Å². The van der Waals surface area contributed by atoms with Gasteiger partial charge in [-0.15, -0.1) is 0 Å². The first-order valence-electron chi connectivity index (χ1n) is 24.4. The Hall–Kier alpha value is -4.71. The predicted molar refractivity (Wildman–Crippen MR) is 269 cm³/mol. The van der Waals surface area contributed by atoms with E-state index in [0.717, 1.165) is 128 Å². The van der Waals surface area contributed by atoms with Gasteiger partial charge in [-0.25, -0.2) is 0 Å². The highest BCUT2D eigenvalue weighted by Crippen LogP contribution is 2.11. The largest absolute Gasteiger partial charge is 0.462 e. The fourth-order valence-corrected chi connectivity index (χ4v) is 5.87. The van der Waals surface area contributed by atoms with Crippen LogP contribution < -0.4 is 0 Å². The molecule has 63 heavy (non-hydrogen) atoms. The SMILES string of the molecule is CC\C=C/C=C\C=C/C=C\CCCCCCCC(=O)OC(COC(=O)CC/C=C\C/C=C\C/C=C\C/C=C\C/C=C\CC)COC(=O)CCCCCC/C=C\C/C=C\C/C=C\CC. The van der Waals surface area contributed by atoms with Crippen LogP contribution in [-0.2, 0) is 28.6 Å². The summed E-state index contributed by atoms with van der Waals surface area (Å²) < 4.78 is 16.7. The second kappa shape index (κ2) is 49.9. The van der Waals surface area contributed by atoms with Crippen LogP contribution in [0.3, 0.4) is 0 Å². The molecule has 0 N–H and O–H groups in total. The first-order valence-corrected chi connectivity index (χ1v) is 24.4. The van der Waals surface area contributed by atoms with Gasteiger partial charge in [0.15, 0.2) is 6.10 Å². The number of hydrogen-bond acceptors (Lipinski definition) is 6. The maximum absolute atomic E-state index is 12.8. The van der Waals surface area contributed by atoms with E-state index in [4.69, 9.17) is 14.2 Å². The van der Waals surface area contributed by atoms with Gasteiger partial charge in [0, 0.05) is 19.3 Å². The Labute approximate surface area is 385 Å². The first kappa shape index (κ1) is 58.3. The molecule has 350 valence electrons.